The van der Waals surface area contributed by atoms with E-state index in [0.29, 0.717) is 18.9 Å². The second-order valence-corrected chi connectivity index (χ2v) is 6.28. The molecule has 0 spiro atoms. The fraction of sp³-hybridized carbons (Fsp3) is 0.389. The number of hydrogen-bond acceptors (Lipinski definition) is 5. The van der Waals surface area contributed by atoms with Crippen LogP contribution in [0.25, 0.3) is 0 Å². The van der Waals surface area contributed by atoms with E-state index in [9.17, 15) is 9.59 Å². The Bertz CT molecular complexity index is 758. The average molecular weight is 339 g/mol. The summed E-state index contributed by atoms with van der Waals surface area (Å²) in [5, 5.41) is 2.84. The van der Waals surface area contributed by atoms with Crippen molar-refractivity contribution < 1.29 is 9.59 Å². The maximum atomic E-state index is 12.4. The van der Waals surface area contributed by atoms with E-state index in [1.807, 2.05) is 38.1 Å². The number of pyridine rings is 1. The molecule has 0 radical (unpaired) electrons. The van der Waals surface area contributed by atoms with Gasteiger partial charge in [-0.3, -0.25) is 14.6 Å². The van der Waals surface area contributed by atoms with Gasteiger partial charge in [-0.05, 0) is 32.0 Å². The lowest BCUT2D eigenvalue weighted by atomic mass is 10.1. The van der Waals surface area contributed by atoms with Gasteiger partial charge in [-0.2, -0.15) is 0 Å². The van der Waals surface area contributed by atoms with Crippen molar-refractivity contribution in [1.29, 1.82) is 0 Å². The van der Waals surface area contributed by atoms with Crippen LogP contribution >= 0.6 is 0 Å². The Morgan fingerprint density at radius 2 is 2.04 bits per heavy atom. The highest BCUT2D eigenvalue weighted by Crippen LogP contribution is 2.20. The molecule has 0 aromatic carbocycles. The third-order valence-corrected chi connectivity index (χ3v) is 4.11. The number of hydrogen-bond donors (Lipinski definition) is 1. The van der Waals surface area contributed by atoms with Crippen LogP contribution in [-0.4, -0.2) is 38.2 Å². The minimum atomic E-state index is -0.345. The highest BCUT2D eigenvalue weighted by molar-refractivity contribution is 5.89. The van der Waals surface area contributed by atoms with Crippen LogP contribution in [0.5, 0.6) is 0 Å². The normalized spacial score (nSPS) is 17.0. The molecule has 0 bridgehead atoms. The van der Waals surface area contributed by atoms with Gasteiger partial charge in [0.05, 0.1) is 24.7 Å². The number of nitrogens with zero attached hydrogens (tertiary/aromatic N) is 4. The van der Waals surface area contributed by atoms with Crippen LogP contribution in [0.1, 0.15) is 29.3 Å². The minimum absolute atomic E-state index is 0.0200. The molecule has 1 fully saturated rings. The first-order valence-corrected chi connectivity index (χ1v) is 8.28. The van der Waals surface area contributed by atoms with Crippen molar-refractivity contribution in [1.82, 2.24) is 25.2 Å². The second kappa shape index (κ2) is 7.38. The third-order valence-electron chi connectivity index (χ3n) is 4.11. The van der Waals surface area contributed by atoms with Gasteiger partial charge in [-0.25, -0.2) is 9.97 Å². The molecule has 25 heavy (non-hydrogen) atoms. The Morgan fingerprint density at radius 1 is 1.28 bits per heavy atom. The Morgan fingerprint density at radius 3 is 2.72 bits per heavy atom. The molecular weight excluding hydrogens is 318 g/mol. The number of carbonyl (C=O) groups is 2. The average Bonchev–Trinajstić information content (AvgIpc) is 2.94. The lowest BCUT2D eigenvalue weighted by Gasteiger charge is -2.16. The molecule has 7 nitrogen and oxygen atoms in total. The van der Waals surface area contributed by atoms with Crippen LogP contribution in [0.4, 0.5) is 0 Å². The summed E-state index contributed by atoms with van der Waals surface area (Å²) in [6, 6.07) is 7.48. The van der Waals surface area contributed by atoms with E-state index in [1.165, 1.54) is 0 Å². The van der Waals surface area contributed by atoms with Crippen molar-refractivity contribution in [2.24, 2.45) is 5.92 Å². The van der Waals surface area contributed by atoms with Crippen molar-refractivity contribution in [3.63, 3.8) is 0 Å². The van der Waals surface area contributed by atoms with E-state index in [4.69, 9.17) is 0 Å². The number of amides is 2. The van der Waals surface area contributed by atoms with Crippen LogP contribution in [0.3, 0.4) is 0 Å². The molecule has 2 aromatic rings. The third kappa shape index (κ3) is 4.37. The van der Waals surface area contributed by atoms with Gasteiger partial charge in [0.25, 0.3) is 0 Å². The molecule has 3 rings (SSSR count). The summed E-state index contributed by atoms with van der Waals surface area (Å²) in [6.07, 6.45) is 1.93. The predicted octanol–water partition coefficient (Wildman–Crippen LogP) is 1.15. The van der Waals surface area contributed by atoms with Crippen LogP contribution in [0, 0.1) is 19.8 Å². The molecule has 0 aliphatic carbocycles. The quantitative estimate of drug-likeness (QED) is 0.883. The Kier molecular flexibility index (Phi) is 5.02. The van der Waals surface area contributed by atoms with Crippen LogP contribution in [-0.2, 0) is 22.7 Å². The number of carbonyl (C=O) groups excluding carboxylic acids is 2. The van der Waals surface area contributed by atoms with Crippen molar-refractivity contribution >= 4 is 11.8 Å². The van der Waals surface area contributed by atoms with Crippen LogP contribution in [0.2, 0.25) is 0 Å². The monoisotopic (exact) mass is 339 g/mol. The summed E-state index contributed by atoms with van der Waals surface area (Å²) in [6.45, 7) is 4.90. The number of aryl methyl sites for hydroxylation is 2. The molecule has 2 aromatic heterocycles. The van der Waals surface area contributed by atoms with E-state index in [2.05, 4.69) is 20.3 Å². The van der Waals surface area contributed by atoms with E-state index < -0.39 is 0 Å². The SMILES string of the molecule is Cc1cc(C)nc(CNC(=O)C2CC(=O)N(Cc3ccccn3)C2)n1. The fourth-order valence-corrected chi connectivity index (χ4v) is 2.98. The highest BCUT2D eigenvalue weighted by Gasteiger charge is 2.34. The summed E-state index contributed by atoms with van der Waals surface area (Å²) in [5.41, 5.74) is 2.56. The number of likely N-dealkylation sites (tertiary alicyclic amines) is 1. The molecule has 130 valence electrons. The zero-order chi connectivity index (χ0) is 17.8. The largest absolute Gasteiger partial charge is 0.348 e. The van der Waals surface area contributed by atoms with E-state index >= 15 is 0 Å². The Hall–Kier alpha value is -2.83. The molecular formula is C18H21N5O2. The molecule has 1 unspecified atom stereocenters. The molecule has 1 aliphatic heterocycles. The van der Waals surface area contributed by atoms with Crippen LogP contribution < -0.4 is 5.32 Å². The maximum absolute atomic E-state index is 12.4. The number of rotatable bonds is 5. The molecule has 1 atom stereocenters. The Labute approximate surface area is 146 Å². The van der Waals surface area contributed by atoms with Gasteiger partial charge in [0, 0.05) is 30.6 Å². The summed E-state index contributed by atoms with van der Waals surface area (Å²) < 4.78 is 0. The van der Waals surface area contributed by atoms with E-state index in [-0.39, 0.29) is 30.7 Å². The molecule has 2 amide bonds. The van der Waals surface area contributed by atoms with Gasteiger partial charge >= 0.3 is 0 Å². The molecule has 7 heteroatoms. The van der Waals surface area contributed by atoms with Gasteiger partial charge in [0.15, 0.2) is 0 Å². The second-order valence-electron chi connectivity index (χ2n) is 6.28. The molecule has 3 heterocycles. The van der Waals surface area contributed by atoms with Gasteiger partial charge < -0.3 is 10.2 Å². The predicted molar refractivity (Wildman–Crippen MR) is 91.1 cm³/mol. The van der Waals surface area contributed by atoms with Gasteiger partial charge in [-0.15, -0.1) is 0 Å². The van der Waals surface area contributed by atoms with Gasteiger partial charge in [-0.1, -0.05) is 6.07 Å². The highest BCUT2D eigenvalue weighted by atomic mass is 16.2. The first kappa shape index (κ1) is 17.0. The van der Waals surface area contributed by atoms with E-state index in [0.717, 1.165) is 17.1 Å². The van der Waals surface area contributed by atoms with Crippen LogP contribution in [0.15, 0.2) is 30.5 Å². The first-order chi connectivity index (χ1) is 12.0. The molecule has 1 N–H and O–H groups in total. The summed E-state index contributed by atoms with van der Waals surface area (Å²) in [4.78, 5) is 39.0. The number of nitrogens with one attached hydrogen (secondary N) is 1. The zero-order valence-electron chi connectivity index (χ0n) is 14.4. The van der Waals surface area contributed by atoms with Gasteiger partial charge in [0.1, 0.15) is 5.82 Å². The topological polar surface area (TPSA) is 88.1 Å². The fourth-order valence-electron chi connectivity index (χ4n) is 2.98. The van der Waals surface area contributed by atoms with Crippen molar-refractivity contribution in [2.45, 2.75) is 33.4 Å². The molecule has 1 saturated heterocycles. The van der Waals surface area contributed by atoms with Gasteiger partial charge in [0.2, 0.25) is 11.8 Å². The lowest BCUT2D eigenvalue weighted by molar-refractivity contribution is -0.129. The zero-order valence-corrected chi connectivity index (χ0v) is 14.4. The maximum Gasteiger partial charge on any atom is 0.225 e. The van der Waals surface area contributed by atoms with Crippen molar-refractivity contribution in [3.05, 3.63) is 53.4 Å². The summed E-state index contributed by atoms with van der Waals surface area (Å²) >= 11 is 0. The first-order valence-electron chi connectivity index (χ1n) is 8.28. The number of aromatic nitrogens is 3. The molecule has 0 saturated carbocycles. The molecule has 1 aliphatic rings. The summed E-state index contributed by atoms with van der Waals surface area (Å²) in [5.74, 6) is 0.0794. The minimum Gasteiger partial charge on any atom is -0.348 e. The summed E-state index contributed by atoms with van der Waals surface area (Å²) in [7, 11) is 0. The smallest absolute Gasteiger partial charge is 0.225 e. The van der Waals surface area contributed by atoms with Crippen molar-refractivity contribution in [2.75, 3.05) is 6.54 Å². The van der Waals surface area contributed by atoms with Crippen molar-refractivity contribution in [3.8, 4) is 0 Å². The Balaban J connectivity index is 1.55. The van der Waals surface area contributed by atoms with E-state index in [1.54, 1.807) is 11.1 Å². The lowest BCUT2D eigenvalue weighted by Crippen LogP contribution is -2.33. The standard InChI is InChI=1S/C18H21N5O2/c1-12-7-13(2)22-16(21-12)9-20-18(25)14-8-17(24)23(10-14)11-15-5-3-4-6-19-15/h3-7,14H,8-11H2,1-2H3,(H,20,25).